The van der Waals surface area contributed by atoms with E-state index >= 15 is 0 Å². The van der Waals surface area contributed by atoms with Gasteiger partial charge in [0.05, 0.1) is 0 Å². The van der Waals surface area contributed by atoms with Crippen LogP contribution >= 0.6 is 7.49 Å². The monoisotopic (exact) mass is 132 g/mol. The van der Waals surface area contributed by atoms with Crippen molar-refractivity contribution in [2.75, 3.05) is 18.5 Å². The van der Waals surface area contributed by atoms with Crippen LogP contribution in [0.25, 0.3) is 0 Å². The Bertz CT molecular complexity index is 76.6. The van der Waals surface area contributed by atoms with E-state index in [2.05, 4.69) is 0 Å². The highest BCUT2D eigenvalue weighted by Gasteiger charge is 2.28. The molecule has 1 aliphatic rings. The molecule has 1 fully saturated rings. The van der Waals surface area contributed by atoms with Gasteiger partial charge in [0.25, 0.3) is 0 Å². The molecule has 0 bridgehead atoms. The van der Waals surface area contributed by atoms with Gasteiger partial charge >= 0.3 is 0 Å². The second-order valence-corrected chi connectivity index (χ2v) is 6.17. The molecule has 2 radical (unpaired) electrons. The van der Waals surface area contributed by atoms with Crippen molar-refractivity contribution in [3.8, 4) is 0 Å². The summed E-state index contributed by atoms with van der Waals surface area (Å²) >= 11 is 0. The van der Waals surface area contributed by atoms with Gasteiger partial charge in [-0.05, 0) is 31.3 Å². The van der Waals surface area contributed by atoms with E-state index in [0.717, 1.165) is 18.5 Å². The van der Waals surface area contributed by atoms with Crippen LogP contribution in [0.4, 0.5) is 0 Å². The Morgan fingerprint density at radius 1 is 1.38 bits per heavy atom. The molecule has 48 valence electrons. The Hall–Kier alpha value is 0.390. The second kappa shape index (κ2) is 2.33. The van der Waals surface area contributed by atoms with Gasteiger partial charge in [0.2, 0.25) is 0 Å². The highest BCUT2D eigenvalue weighted by molar-refractivity contribution is 7.70. The third kappa shape index (κ3) is 1.21. The Labute approximate surface area is 51.5 Å². The van der Waals surface area contributed by atoms with Gasteiger partial charge in [-0.25, -0.2) is 4.89 Å². The third-order valence-electron chi connectivity index (χ3n) is 1.96. The predicted octanol–water partition coefficient (Wildman–Crippen LogP) is 2.16. The predicted molar refractivity (Wildman–Crippen MR) is 37.1 cm³/mol. The zero-order valence-electron chi connectivity index (χ0n) is 5.39. The topological polar surface area (TPSA) is 19.9 Å². The number of rotatable bonds is 1. The van der Waals surface area contributed by atoms with E-state index in [1.165, 1.54) is 12.8 Å². The summed E-state index contributed by atoms with van der Waals surface area (Å²) in [5.74, 6) is 0. The highest BCUT2D eigenvalue weighted by Crippen LogP contribution is 2.60. The summed E-state index contributed by atoms with van der Waals surface area (Å²) in [4.78, 5) is 11.4. The smallest absolute Gasteiger partial charge is 0.0270 e. The molecule has 0 saturated carbocycles. The molecule has 0 aliphatic carbocycles. The van der Waals surface area contributed by atoms with Crippen molar-refractivity contribution in [1.29, 1.82) is 0 Å². The lowest BCUT2D eigenvalue weighted by atomic mass is 10.4. The lowest BCUT2D eigenvalue weighted by Crippen LogP contribution is -1.93. The quantitative estimate of drug-likeness (QED) is 0.487. The van der Waals surface area contributed by atoms with Crippen molar-refractivity contribution in [2.45, 2.75) is 19.8 Å². The molecule has 1 heterocycles. The first-order chi connectivity index (χ1) is 3.77. The largest absolute Gasteiger partial charge is 0.219 e. The molecular weight excluding hydrogens is 119 g/mol. The van der Waals surface area contributed by atoms with E-state index in [1.54, 1.807) is 0 Å². The fraction of sp³-hybridized carbons (Fsp3) is 1.00. The summed E-state index contributed by atoms with van der Waals surface area (Å²) in [6.45, 7) is 2.05. The molecule has 1 rings (SSSR count). The van der Waals surface area contributed by atoms with E-state index in [9.17, 15) is 4.89 Å². The molecule has 0 unspecified atom stereocenters. The summed E-state index contributed by atoms with van der Waals surface area (Å²) in [7, 11) is -1.55. The molecule has 0 spiro atoms. The maximum atomic E-state index is 11.4. The molecule has 0 aromatic carbocycles. The van der Waals surface area contributed by atoms with Gasteiger partial charge in [0, 0.05) is 7.49 Å². The Morgan fingerprint density at radius 3 is 2.12 bits per heavy atom. The SMILES string of the molecule is CC[P]1([O])CCCC1. The van der Waals surface area contributed by atoms with Crippen LogP contribution in [0, 0.1) is 0 Å². The zero-order valence-corrected chi connectivity index (χ0v) is 6.29. The Kier molecular flexibility index (Phi) is 1.89. The molecule has 8 heavy (non-hydrogen) atoms. The van der Waals surface area contributed by atoms with Crippen LogP contribution in [0.3, 0.4) is 0 Å². The normalized spacial score (nSPS) is 26.2. The molecule has 1 saturated heterocycles. The van der Waals surface area contributed by atoms with Crippen LogP contribution in [0.1, 0.15) is 19.8 Å². The van der Waals surface area contributed by atoms with Crippen molar-refractivity contribution in [2.24, 2.45) is 0 Å². The van der Waals surface area contributed by atoms with Crippen molar-refractivity contribution < 1.29 is 4.89 Å². The van der Waals surface area contributed by atoms with E-state index in [4.69, 9.17) is 0 Å². The minimum Gasteiger partial charge on any atom is -0.219 e. The molecule has 0 atom stereocenters. The molecule has 0 amide bonds. The summed E-state index contributed by atoms with van der Waals surface area (Å²) < 4.78 is 0. The summed E-state index contributed by atoms with van der Waals surface area (Å²) in [6, 6.07) is 0. The molecule has 1 nitrogen and oxygen atoms in total. The van der Waals surface area contributed by atoms with Crippen LogP contribution in [0.15, 0.2) is 0 Å². The first-order valence-electron chi connectivity index (χ1n) is 3.34. The van der Waals surface area contributed by atoms with E-state index in [1.807, 2.05) is 6.92 Å². The lowest BCUT2D eigenvalue weighted by Gasteiger charge is -2.17. The number of hydrogen-bond donors (Lipinski definition) is 0. The summed E-state index contributed by atoms with van der Waals surface area (Å²) in [5, 5.41) is 0. The third-order valence-corrected chi connectivity index (χ3v) is 5.37. The van der Waals surface area contributed by atoms with Crippen LogP contribution in [-0.4, -0.2) is 18.5 Å². The Balaban J connectivity index is 2.40. The average molecular weight is 132 g/mol. The van der Waals surface area contributed by atoms with E-state index in [-0.39, 0.29) is 0 Å². The van der Waals surface area contributed by atoms with Gasteiger partial charge < -0.3 is 0 Å². The molecule has 0 aromatic heterocycles. The van der Waals surface area contributed by atoms with Gasteiger partial charge in [-0.3, -0.25) is 0 Å². The first kappa shape index (κ1) is 6.51. The molecule has 2 heteroatoms. The van der Waals surface area contributed by atoms with Crippen molar-refractivity contribution in [1.82, 2.24) is 0 Å². The second-order valence-electron chi connectivity index (χ2n) is 2.53. The van der Waals surface area contributed by atoms with Crippen molar-refractivity contribution in [3.63, 3.8) is 0 Å². The van der Waals surface area contributed by atoms with E-state index in [0.29, 0.717) is 0 Å². The van der Waals surface area contributed by atoms with Gasteiger partial charge in [-0.1, -0.05) is 6.92 Å². The molecular formula is C6H13OP. The highest BCUT2D eigenvalue weighted by atomic mass is 31.2. The fourth-order valence-corrected chi connectivity index (χ4v) is 3.68. The van der Waals surface area contributed by atoms with Gasteiger partial charge in [0.15, 0.2) is 0 Å². The average Bonchev–Trinajstić information content (AvgIpc) is 2.17. The maximum Gasteiger partial charge on any atom is 0.0270 e. The number of hydrogen-bond acceptors (Lipinski definition) is 0. The minimum absolute atomic E-state index is 0.938. The zero-order chi connectivity index (χ0) is 6.04. The first-order valence-corrected chi connectivity index (χ1v) is 5.60. The van der Waals surface area contributed by atoms with Crippen LogP contribution in [0.5, 0.6) is 0 Å². The van der Waals surface area contributed by atoms with Crippen molar-refractivity contribution in [3.05, 3.63) is 0 Å². The van der Waals surface area contributed by atoms with Crippen molar-refractivity contribution >= 4 is 7.49 Å². The fourth-order valence-electron chi connectivity index (χ4n) is 1.23. The van der Waals surface area contributed by atoms with Crippen LogP contribution in [0.2, 0.25) is 0 Å². The lowest BCUT2D eigenvalue weighted by molar-refractivity contribution is 0.481. The van der Waals surface area contributed by atoms with Crippen LogP contribution < -0.4 is 0 Å². The van der Waals surface area contributed by atoms with Gasteiger partial charge in [0.1, 0.15) is 0 Å². The molecule has 1 aliphatic heterocycles. The van der Waals surface area contributed by atoms with Crippen LogP contribution in [-0.2, 0) is 4.89 Å². The summed E-state index contributed by atoms with van der Waals surface area (Å²) in [6.07, 6.45) is 5.43. The summed E-state index contributed by atoms with van der Waals surface area (Å²) in [5.41, 5.74) is 0. The molecule has 0 N–H and O–H groups in total. The van der Waals surface area contributed by atoms with Gasteiger partial charge in [-0.15, -0.1) is 0 Å². The molecule has 0 aromatic rings. The van der Waals surface area contributed by atoms with Gasteiger partial charge in [-0.2, -0.15) is 0 Å². The standard InChI is InChI=1S/C6H13OP/c1-2-8(7)5-3-4-6-8/h2-6H2,1H3. The Morgan fingerprint density at radius 2 is 1.88 bits per heavy atom. The minimum atomic E-state index is -1.55. The van der Waals surface area contributed by atoms with E-state index < -0.39 is 7.49 Å². The maximum absolute atomic E-state index is 11.4.